The van der Waals surface area contributed by atoms with Gasteiger partial charge in [-0.15, -0.1) is 0 Å². The smallest absolute Gasteiger partial charge is 0.267 e. The fourth-order valence-electron chi connectivity index (χ4n) is 4.78. The van der Waals surface area contributed by atoms with E-state index in [1.807, 2.05) is 12.1 Å². The number of carbonyl (C=O) groups is 1. The van der Waals surface area contributed by atoms with Gasteiger partial charge in [-0.2, -0.15) is 0 Å². The van der Waals surface area contributed by atoms with E-state index in [4.69, 9.17) is 0 Å². The number of nitrogens with zero attached hydrogens (tertiary/aromatic N) is 1. The van der Waals surface area contributed by atoms with E-state index in [-0.39, 0.29) is 5.91 Å². The van der Waals surface area contributed by atoms with Gasteiger partial charge in [-0.3, -0.25) is 14.5 Å². The van der Waals surface area contributed by atoms with Crippen LogP contribution in [0, 0.1) is 11.8 Å². The van der Waals surface area contributed by atoms with Gasteiger partial charge in [0.05, 0.1) is 7.11 Å². The average Bonchev–Trinajstić information content (AvgIpc) is 3.54. The largest absolute Gasteiger partial charge is 0.299 e. The van der Waals surface area contributed by atoms with Gasteiger partial charge in [0.15, 0.2) is 0 Å². The van der Waals surface area contributed by atoms with Crippen molar-refractivity contribution in [2.45, 2.75) is 38.1 Å². The molecule has 158 valence electrons. The van der Waals surface area contributed by atoms with Crippen molar-refractivity contribution < 1.29 is 9.63 Å². The molecule has 1 aliphatic heterocycles. The van der Waals surface area contributed by atoms with Crippen molar-refractivity contribution in [3.63, 3.8) is 0 Å². The maximum atomic E-state index is 11.5. The van der Waals surface area contributed by atoms with Gasteiger partial charge >= 0.3 is 0 Å². The van der Waals surface area contributed by atoms with Crippen LogP contribution in [0.2, 0.25) is 0 Å². The molecule has 4 rings (SSSR count). The van der Waals surface area contributed by atoms with Crippen LogP contribution in [0.4, 0.5) is 0 Å². The molecular weight excluding hydrogens is 372 g/mol. The van der Waals surface area contributed by atoms with Crippen LogP contribution >= 0.6 is 0 Å². The molecule has 2 atom stereocenters. The van der Waals surface area contributed by atoms with Crippen LogP contribution in [0.15, 0.2) is 60.7 Å². The minimum atomic E-state index is -0.254. The molecule has 1 saturated carbocycles. The van der Waals surface area contributed by atoms with Crippen LogP contribution in [0.5, 0.6) is 0 Å². The first-order chi connectivity index (χ1) is 14.7. The Morgan fingerprint density at radius 2 is 1.93 bits per heavy atom. The number of benzene rings is 2. The number of amides is 1. The zero-order chi connectivity index (χ0) is 20.8. The molecule has 1 aliphatic carbocycles. The highest BCUT2D eigenvalue weighted by atomic mass is 16.6. The molecule has 0 unspecified atom stereocenters. The predicted octanol–water partition coefficient (Wildman–Crippen LogP) is 4.78. The van der Waals surface area contributed by atoms with Gasteiger partial charge < -0.3 is 0 Å². The third-order valence-electron chi connectivity index (χ3n) is 6.48. The van der Waals surface area contributed by atoms with E-state index in [2.05, 4.69) is 63.7 Å². The lowest BCUT2D eigenvalue weighted by Gasteiger charge is -2.32. The molecule has 2 aliphatic rings. The van der Waals surface area contributed by atoms with Gasteiger partial charge in [0, 0.05) is 12.6 Å². The van der Waals surface area contributed by atoms with E-state index in [0.717, 1.165) is 29.9 Å². The topological polar surface area (TPSA) is 41.6 Å². The third kappa shape index (κ3) is 5.80. The summed E-state index contributed by atoms with van der Waals surface area (Å²) in [5, 5.41) is 0. The number of nitrogens with one attached hydrogen (secondary N) is 1. The van der Waals surface area contributed by atoms with E-state index < -0.39 is 0 Å². The Morgan fingerprint density at radius 3 is 2.70 bits per heavy atom. The zero-order valence-electron chi connectivity index (χ0n) is 17.8. The molecule has 1 saturated heterocycles. The maximum Gasteiger partial charge on any atom is 0.267 e. The zero-order valence-corrected chi connectivity index (χ0v) is 17.8. The highest BCUT2D eigenvalue weighted by Gasteiger charge is 2.39. The lowest BCUT2D eigenvalue weighted by Crippen LogP contribution is -2.33. The first-order valence-electron chi connectivity index (χ1n) is 11.1. The maximum absolute atomic E-state index is 11.5. The minimum Gasteiger partial charge on any atom is -0.299 e. The van der Waals surface area contributed by atoms with Crippen LogP contribution in [0.3, 0.4) is 0 Å². The van der Waals surface area contributed by atoms with Gasteiger partial charge in [-0.1, -0.05) is 54.6 Å². The molecule has 2 aromatic rings. The summed E-state index contributed by atoms with van der Waals surface area (Å²) >= 11 is 0. The quantitative estimate of drug-likeness (QED) is 0.508. The summed E-state index contributed by atoms with van der Waals surface area (Å²) < 4.78 is 0. The number of hydrogen-bond donors (Lipinski definition) is 1. The fourth-order valence-corrected chi connectivity index (χ4v) is 4.78. The molecule has 0 radical (unpaired) electrons. The lowest BCUT2D eigenvalue weighted by atomic mass is 9.90. The molecule has 2 aromatic carbocycles. The second-order valence-electron chi connectivity index (χ2n) is 8.72. The Morgan fingerprint density at radius 1 is 1.13 bits per heavy atom. The average molecular weight is 405 g/mol. The first kappa shape index (κ1) is 20.8. The Labute approximate surface area is 179 Å². The van der Waals surface area contributed by atoms with E-state index >= 15 is 0 Å². The number of piperidine rings is 1. The highest BCUT2D eigenvalue weighted by Crippen LogP contribution is 2.51. The van der Waals surface area contributed by atoms with Crippen molar-refractivity contribution in [2.75, 3.05) is 20.2 Å². The predicted molar refractivity (Wildman–Crippen MR) is 121 cm³/mol. The van der Waals surface area contributed by atoms with Crippen LogP contribution in [0.1, 0.15) is 48.3 Å². The summed E-state index contributed by atoms with van der Waals surface area (Å²) in [6.45, 7) is 3.35. The molecule has 2 fully saturated rings. The van der Waals surface area contributed by atoms with Crippen LogP contribution < -0.4 is 5.48 Å². The van der Waals surface area contributed by atoms with Gasteiger partial charge in [0.2, 0.25) is 0 Å². The van der Waals surface area contributed by atoms with Crippen molar-refractivity contribution in [3.05, 3.63) is 77.4 Å². The van der Waals surface area contributed by atoms with Crippen LogP contribution in [-0.4, -0.2) is 31.0 Å². The van der Waals surface area contributed by atoms with E-state index in [1.54, 1.807) is 0 Å². The summed E-state index contributed by atoms with van der Waals surface area (Å²) in [5.74, 6) is 2.34. The lowest BCUT2D eigenvalue weighted by molar-refractivity contribution is -0.126. The number of hydroxylamine groups is 1. The summed E-state index contributed by atoms with van der Waals surface area (Å²) in [6.07, 6.45) is 8.73. The van der Waals surface area contributed by atoms with E-state index in [9.17, 15) is 4.79 Å². The number of carbonyl (C=O) groups excluding carboxylic acids is 1. The first-order valence-corrected chi connectivity index (χ1v) is 11.1. The summed E-state index contributed by atoms with van der Waals surface area (Å²) in [5.41, 5.74) is 6.17. The van der Waals surface area contributed by atoms with Crippen LogP contribution in [-0.2, 0) is 16.2 Å². The molecule has 30 heavy (non-hydrogen) atoms. The Kier molecular flexibility index (Phi) is 6.98. The highest BCUT2D eigenvalue weighted by molar-refractivity contribution is 5.90. The van der Waals surface area contributed by atoms with Crippen LogP contribution in [0.25, 0.3) is 6.08 Å². The Hall–Kier alpha value is -2.43. The van der Waals surface area contributed by atoms with Gasteiger partial charge in [-0.25, -0.2) is 5.48 Å². The van der Waals surface area contributed by atoms with E-state index in [0.29, 0.717) is 0 Å². The standard InChI is InChI=1S/C26H32N2O2/c1-30-27-26(29)11-10-20-6-5-7-22(16-20)19-28-14-12-21(13-15-28)17-24-18-25(24)23-8-3-2-4-9-23/h2-11,16,21,24-25H,12-15,17-19H2,1H3,(H,27,29)/b11-10+/t24-,25+/m1/s1. The SMILES string of the molecule is CONC(=O)/C=C/c1cccc(CN2CCC(C[C@@H]3C[C@H]3c3ccccc3)CC2)c1. The Bertz CT molecular complexity index is 856. The van der Waals surface area contributed by atoms with Crippen molar-refractivity contribution in [1.29, 1.82) is 0 Å². The Balaban J connectivity index is 1.22. The molecule has 0 spiro atoms. The monoisotopic (exact) mass is 404 g/mol. The summed E-state index contributed by atoms with van der Waals surface area (Å²) in [6, 6.07) is 19.5. The summed E-state index contributed by atoms with van der Waals surface area (Å²) in [7, 11) is 1.43. The summed E-state index contributed by atoms with van der Waals surface area (Å²) in [4.78, 5) is 18.7. The second-order valence-corrected chi connectivity index (χ2v) is 8.72. The second kappa shape index (κ2) is 10.1. The number of hydrogen-bond acceptors (Lipinski definition) is 3. The molecule has 0 bridgehead atoms. The third-order valence-corrected chi connectivity index (χ3v) is 6.48. The molecule has 4 heteroatoms. The number of rotatable bonds is 8. The molecule has 4 nitrogen and oxygen atoms in total. The molecule has 1 N–H and O–H groups in total. The molecule has 1 heterocycles. The normalized spacial score (nSPS) is 22.3. The van der Waals surface area contributed by atoms with Gasteiger partial charge in [0.25, 0.3) is 5.91 Å². The minimum absolute atomic E-state index is 0.254. The van der Waals surface area contributed by atoms with Gasteiger partial charge in [0.1, 0.15) is 0 Å². The number of likely N-dealkylation sites (tertiary alicyclic amines) is 1. The van der Waals surface area contributed by atoms with Crippen molar-refractivity contribution in [1.82, 2.24) is 10.4 Å². The van der Waals surface area contributed by atoms with Crippen molar-refractivity contribution in [2.24, 2.45) is 11.8 Å². The van der Waals surface area contributed by atoms with Gasteiger partial charge in [-0.05, 0) is 79.3 Å². The molecule has 1 amide bonds. The van der Waals surface area contributed by atoms with Crippen molar-refractivity contribution >= 4 is 12.0 Å². The molecule has 0 aromatic heterocycles. The molecular formula is C26H32N2O2. The van der Waals surface area contributed by atoms with E-state index in [1.165, 1.54) is 63.1 Å². The van der Waals surface area contributed by atoms with Crippen molar-refractivity contribution in [3.8, 4) is 0 Å². The fraction of sp³-hybridized carbons (Fsp3) is 0.423.